The number of hydrogen-bond donors (Lipinski definition) is 0. The molecule has 0 N–H and O–H groups in total. The third-order valence-corrected chi connectivity index (χ3v) is 8.64. The molecule has 2 heterocycles. The van der Waals surface area contributed by atoms with Gasteiger partial charge in [0.15, 0.2) is 17.5 Å². The summed E-state index contributed by atoms with van der Waals surface area (Å²) in [6.07, 6.45) is 0. The first-order valence-corrected chi connectivity index (χ1v) is 14.4. The van der Waals surface area contributed by atoms with Gasteiger partial charge in [0.25, 0.3) is 0 Å². The molecule has 6 aromatic carbocycles. The van der Waals surface area contributed by atoms with Gasteiger partial charge in [0.1, 0.15) is 0 Å². The number of nitrogens with zero attached hydrogens (tertiary/aromatic N) is 3. The Hall–Kier alpha value is -5.19. The van der Waals surface area contributed by atoms with Crippen LogP contribution in [0.4, 0.5) is 0 Å². The van der Waals surface area contributed by atoms with E-state index < -0.39 is 0 Å². The second-order valence-corrected chi connectivity index (χ2v) is 11.1. The van der Waals surface area contributed by atoms with Crippen LogP contribution in [0, 0.1) is 0 Å². The van der Waals surface area contributed by atoms with Gasteiger partial charge in [-0.15, -0.1) is 11.3 Å². The van der Waals surface area contributed by atoms with E-state index in [1.165, 1.54) is 25.7 Å². The lowest BCUT2D eigenvalue weighted by Gasteiger charge is -2.12. The third-order valence-electron chi connectivity index (χ3n) is 7.52. The van der Waals surface area contributed by atoms with Crippen molar-refractivity contribution in [3.63, 3.8) is 0 Å². The van der Waals surface area contributed by atoms with Gasteiger partial charge in [-0.25, -0.2) is 15.0 Å². The largest absolute Gasteiger partial charge is 0.208 e. The van der Waals surface area contributed by atoms with Gasteiger partial charge in [0.2, 0.25) is 0 Å². The Bertz CT molecular complexity index is 2200. The molecule has 192 valence electrons. The number of hydrogen-bond acceptors (Lipinski definition) is 4. The molecule has 4 heteroatoms. The van der Waals surface area contributed by atoms with Crippen molar-refractivity contribution in [3.05, 3.63) is 140 Å². The van der Waals surface area contributed by atoms with E-state index in [0.29, 0.717) is 17.5 Å². The van der Waals surface area contributed by atoms with E-state index in [1.54, 1.807) is 0 Å². The average Bonchev–Trinajstić information content (AvgIpc) is 3.43. The van der Waals surface area contributed by atoms with Crippen molar-refractivity contribution in [1.82, 2.24) is 15.0 Å². The molecule has 0 fully saturated rings. The number of rotatable bonds is 4. The minimum absolute atomic E-state index is 0.663. The predicted molar refractivity (Wildman–Crippen MR) is 172 cm³/mol. The number of thiophene rings is 1. The van der Waals surface area contributed by atoms with E-state index in [1.807, 2.05) is 29.5 Å². The molecule has 0 atom stereocenters. The quantitative estimate of drug-likeness (QED) is 0.222. The van der Waals surface area contributed by atoms with Gasteiger partial charge in [0, 0.05) is 36.9 Å². The Morgan fingerprint density at radius 2 is 1.00 bits per heavy atom. The van der Waals surface area contributed by atoms with Crippen LogP contribution in [-0.2, 0) is 0 Å². The minimum atomic E-state index is 0.663. The van der Waals surface area contributed by atoms with E-state index in [9.17, 15) is 0 Å². The van der Waals surface area contributed by atoms with Crippen molar-refractivity contribution in [2.24, 2.45) is 0 Å². The summed E-state index contributed by atoms with van der Waals surface area (Å²) in [5.41, 5.74) is 5.28. The van der Waals surface area contributed by atoms with Gasteiger partial charge < -0.3 is 0 Å². The van der Waals surface area contributed by atoms with Crippen LogP contribution in [0.2, 0.25) is 0 Å². The number of benzene rings is 6. The van der Waals surface area contributed by atoms with Crippen LogP contribution in [0.25, 0.3) is 76.2 Å². The summed E-state index contributed by atoms with van der Waals surface area (Å²) in [6, 6.07) is 48.5. The maximum Gasteiger partial charge on any atom is 0.164 e. The fourth-order valence-electron chi connectivity index (χ4n) is 5.58. The summed E-state index contributed by atoms with van der Waals surface area (Å²) in [6.45, 7) is 0. The van der Waals surface area contributed by atoms with Gasteiger partial charge in [-0.2, -0.15) is 0 Å². The van der Waals surface area contributed by atoms with Crippen LogP contribution in [0.15, 0.2) is 140 Å². The van der Waals surface area contributed by atoms with Crippen molar-refractivity contribution < 1.29 is 0 Å². The summed E-state index contributed by atoms with van der Waals surface area (Å²) in [7, 11) is 0. The summed E-state index contributed by atoms with van der Waals surface area (Å²) in [5, 5.41) is 4.68. The molecule has 0 radical (unpaired) electrons. The van der Waals surface area contributed by atoms with E-state index in [0.717, 1.165) is 33.0 Å². The minimum Gasteiger partial charge on any atom is -0.208 e. The van der Waals surface area contributed by atoms with Crippen LogP contribution in [0.5, 0.6) is 0 Å². The number of aromatic nitrogens is 3. The lowest BCUT2D eigenvalue weighted by molar-refractivity contribution is 1.08. The molecule has 0 aliphatic rings. The highest BCUT2D eigenvalue weighted by Crippen LogP contribution is 2.42. The first-order chi connectivity index (χ1) is 20.3. The van der Waals surface area contributed by atoms with Crippen molar-refractivity contribution in [3.8, 4) is 45.3 Å². The summed E-state index contributed by atoms with van der Waals surface area (Å²) >= 11 is 1.81. The molecular formula is C37H23N3S. The monoisotopic (exact) mass is 541 g/mol. The lowest BCUT2D eigenvalue weighted by Crippen LogP contribution is -2.01. The van der Waals surface area contributed by atoms with E-state index >= 15 is 0 Å². The Morgan fingerprint density at radius 3 is 1.80 bits per heavy atom. The van der Waals surface area contributed by atoms with Gasteiger partial charge in [0.05, 0.1) is 0 Å². The second kappa shape index (κ2) is 9.77. The highest BCUT2D eigenvalue weighted by atomic mass is 32.1. The van der Waals surface area contributed by atoms with Crippen LogP contribution in [0.1, 0.15) is 0 Å². The van der Waals surface area contributed by atoms with Crippen LogP contribution in [0.3, 0.4) is 0 Å². The fraction of sp³-hybridized carbons (Fsp3) is 0. The van der Waals surface area contributed by atoms with Crippen molar-refractivity contribution >= 4 is 42.3 Å². The SMILES string of the molecule is c1ccc(-c2cc(-c3nc(-c4ccccc4)nc(-c4cccc5ccccc45)n3)c3c(c2)sc2ccccc23)cc1. The molecule has 0 aliphatic carbocycles. The van der Waals surface area contributed by atoms with Gasteiger partial charge >= 0.3 is 0 Å². The molecule has 0 saturated heterocycles. The van der Waals surface area contributed by atoms with Gasteiger partial charge in [-0.1, -0.05) is 121 Å². The van der Waals surface area contributed by atoms with Crippen LogP contribution < -0.4 is 0 Å². The standard InChI is InChI=1S/C37H23N3S/c1-3-12-24(13-4-1)27-22-31(34-30-19-9-10-21-32(30)41-33(34)23-27)37-39-35(26-15-5-2-6-16-26)38-36(40-37)29-20-11-17-25-14-7-8-18-28(25)29/h1-23H. The molecule has 0 saturated carbocycles. The van der Waals surface area contributed by atoms with Crippen molar-refractivity contribution in [2.75, 3.05) is 0 Å². The van der Waals surface area contributed by atoms with Crippen LogP contribution >= 0.6 is 11.3 Å². The van der Waals surface area contributed by atoms with Gasteiger partial charge in [-0.3, -0.25) is 0 Å². The molecule has 8 rings (SSSR count). The van der Waals surface area contributed by atoms with E-state index in [-0.39, 0.29) is 0 Å². The van der Waals surface area contributed by atoms with E-state index in [4.69, 9.17) is 15.0 Å². The smallest absolute Gasteiger partial charge is 0.164 e. The molecule has 0 amide bonds. The number of fused-ring (bicyclic) bond motifs is 4. The molecule has 8 aromatic rings. The normalized spacial score (nSPS) is 11.4. The summed E-state index contributed by atoms with van der Waals surface area (Å²) < 4.78 is 2.47. The molecule has 3 nitrogen and oxygen atoms in total. The molecular weight excluding hydrogens is 518 g/mol. The third kappa shape index (κ3) is 4.17. The topological polar surface area (TPSA) is 38.7 Å². The Morgan fingerprint density at radius 1 is 0.390 bits per heavy atom. The van der Waals surface area contributed by atoms with Crippen molar-refractivity contribution in [2.45, 2.75) is 0 Å². The highest BCUT2D eigenvalue weighted by Gasteiger charge is 2.19. The zero-order valence-corrected chi connectivity index (χ0v) is 22.8. The zero-order valence-electron chi connectivity index (χ0n) is 22.0. The molecule has 41 heavy (non-hydrogen) atoms. The first-order valence-electron chi connectivity index (χ1n) is 13.6. The molecule has 0 aliphatic heterocycles. The predicted octanol–water partition coefficient (Wildman–Crippen LogP) is 10.1. The molecule has 0 bridgehead atoms. The molecule has 0 unspecified atom stereocenters. The maximum atomic E-state index is 5.20. The fourth-order valence-corrected chi connectivity index (χ4v) is 6.75. The molecule has 2 aromatic heterocycles. The Kier molecular flexibility index (Phi) is 5.64. The van der Waals surface area contributed by atoms with Crippen molar-refractivity contribution in [1.29, 1.82) is 0 Å². The maximum absolute atomic E-state index is 5.20. The highest BCUT2D eigenvalue weighted by molar-refractivity contribution is 7.26. The Labute approximate surface area is 241 Å². The van der Waals surface area contributed by atoms with E-state index in [2.05, 4.69) is 121 Å². The Balaban J connectivity index is 1.46. The second-order valence-electron chi connectivity index (χ2n) is 10.1. The zero-order chi connectivity index (χ0) is 27.2. The first kappa shape index (κ1) is 23.7. The summed E-state index contributed by atoms with van der Waals surface area (Å²) in [5.74, 6) is 2.01. The molecule has 0 spiro atoms. The lowest BCUT2D eigenvalue weighted by atomic mass is 9.98. The average molecular weight is 542 g/mol. The summed E-state index contributed by atoms with van der Waals surface area (Å²) in [4.78, 5) is 15.4. The van der Waals surface area contributed by atoms with Crippen LogP contribution in [-0.4, -0.2) is 15.0 Å². The van der Waals surface area contributed by atoms with Gasteiger partial charge in [-0.05, 0) is 40.1 Å².